The predicted molar refractivity (Wildman–Crippen MR) is 95.1 cm³/mol. The van der Waals surface area contributed by atoms with Gasteiger partial charge in [-0.2, -0.15) is 0 Å². The van der Waals surface area contributed by atoms with Crippen LogP contribution in [-0.4, -0.2) is 57.0 Å². The van der Waals surface area contributed by atoms with Crippen molar-refractivity contribution in [1.82, 2.24) is 19.8 Å². The first-order chi connectivity index (χ1) is 12.9. The van der Waals surface area contributed by atoms with E-state index in [-0.39, 0.29) is 23.2 Å². The number of rotatable bonds is 5. The van der Waals surface area contributed by atoms with Gasteiger partial charge >= 0.3 is 12.0 Å². The van der Waals surface area contributed by atoms with Crippen LogP contribution in [0, 0.1) is 5.92 Å². The number of carbonyl (C=O) groups excluding carboxylic acids is 4. The molecule has 1 aromatic heterocycles. The van der Waals surface area contributed by atoms with Crippen molar-refractivity contribution in [2.45, 2.75) is 45.1 Å². The second-order valence-corrected chi connectivity index (χ2v) is 7.56. The summed E-state index contributed by atoms with van der Waals surface area (Å²) in [6.07, 6.45) is 2.84. The molecule has 2 fully saturated rings. The van der Waals surface area contributed by atoms with Crippen LogP contribution >= 0.6 is 11.5 Å². The van der Waals surface area contributed by atoms with E-state index in [9.17, 15) is 19.2 Å². The maximum atomic E-state index is 12.8. The van der Waals surface area contributed by atoms with Crippen LogP contribution in [-0.2, 0) is 14.3 Å². The quantitative estimate of drug-likeness (QED) is 0.565. The molecule has 1 aromatic rings. The molecule has 3 rings (SSSR count). The number of amides is 4. The van der Waals surface area contributed by atoms with E-state index in [2.05, 4.69) is 27.1 Å². The normalized spacial score (nSPS) is 24.8. The minimum Gasteiger partial charge on any atom is -0.461 e. The Balaban J connectivity index is 1.65. The van der Waals surface area contributed by atoms with Crippen LogP contribution in [0.3, 0.4) is 0 Å². The summed E-state index contributed by atoms with van der Waals surface area (Å²) >= 11 is 0.815. The van der Waals surface area contributed by atoms with Gasteiger partial charge in [0, 0.05) is 11.5 Å². The molecule has 27 heavy (non-hydrogen) atoms. The summed E-state index contributed by atoms with van der Waals surface area (Å²) in [5, 5.41) is 9.00. The fraction of sp³-hybridized carbons (Fsp3) is 0.625. The molecule has 2 heterocycles. The molecule has 1 aliphatic heterocycles. The SMILES string of the molecule is CCOC(=O)c1nnsc1NC(=O)CN1C(=O)NC2(CCC(C)CC2)C1=O. The third-order valence-corrected chi connectivity index (χ3v) is 5.53. The van der Waals surface area contributed by atoms with Gasteiger partial charge in [-0.3, -0.25) is 14.5 Å². The van der Waals surface area contributed by atoms with E-state index >= 15 is 0 Å². The van der Waals surface area contributed by atoms with Gasteiger partial charge in [0.25, 0.3) is 5.91 Å². The largest absolute Gasteiger partial charge is 0.461 e. The highest BCUT2D eigenvalue weighted by atomic mass is 32.1. The van der Waals surface area contributed by atoms with Crippen molar-refractivity contribution in [2.75, 3.05) is 18.5 Å². The summed E-state index contributed by atoms with van der Waals surface area (Å²) in [5.74, 6) is -1.18. The molecule has 0 bridgehead atoms. The highest BCUT2D eigenvalue weighted by Gasteiger charge is 2.52. The number of hydrogen-bond donors (Lipinski definition) is 2. The van der Waals surface area contributed by atoms with Gasteiger partial charge in [-0.15, -0.1) is 5.10 Å². The second-order valence-electron chi connectivity index (χ2n) is 6.81. The third kappa shape index (κ3) is 3.77. The lowest BCUT2D eigenvalue weighted by atomic mass is 9.77. The van der Waals surface area contributed by atoms with E-state index in [1.807, 2.05) is 0 Å². The number of carbonyl (C=O) groups is 4. The zero-order chi connectivity index (χ0) is 19.6. The molecule has 1 spiro atoms. The summed E-state index contributed by atoms with van der Waals surface area (Å²) in [7, 11) is 0. The van der Waals surface area contributed by atoms with Crippen molar-refractivity contribution in [3.05, 3.63) is 5.69 Å². The maximum absolute atomic E-state index is 12.8. The molecule has 1 aliphatic carbocycles. The fourth-order valence-electron chi connectivity index (χ4n) is 3.33. The number of urea groups is 1. The Kier molecular flexibility index (Phi) is 5.40. The maximum Gasteiger partial charge on any atom is 0.362 e. The van der Waals surface area contributed by atoms with Crippen molar-refractivity contribution in [2.24, 2.45) is 5.92 Å². The van der Waals surface area contributed by atoms with Crippen LogP contribution in [0.2, 0.25) is 0 Å². The monoisotopic (exact) mass is 395 g/mol. The molecular formula is C16H21N5O5S. The van der Waals surface area contributed by atoms with E-state index < -0.39 is 30.0 Å². The molecule has 0 aromatic carbocycles. The van der Waals surface area contributed by atoms with Gasteiger partial charge in [0.1, 0.15) is 12.1 Å². The summed E-state index contributed by atoms with van der Waals surface area (Å²) in [4.78, 5) is 50.1. The number of imide groups is 1. The fourth-order valence-corrected chi connectivity index (χ4v) is 3.90. The van der Waals surface area contributed by atoms with Gasteiger partial charge in [-0.1, -0.05) is 11.4 Å². The summed E-state index contributed by atoms with van der Waals surface area (Å²) in [5.41, 5.74) is -1.00. The van der Waals surface area contributed by atoms with Crippen LogP contribution in [0.5, 0.6) is 0 Å². The Labute approximate surface area is 159 Å². The van der Waals surface area contributed by atoms with Crippen LogP contribution in [0.1, 0.15) is 50.0 Å². The lowest BCUT2D eigenvalue weighted by Crippen LogP contribution is -2.49. The number of nitrogens with one attached hydrogen (secondary N) is 2. The van der Waals surface area contributed by atoms with Crippen molar-refractivity contribution in [3.8, 4) is 0 Å². The minimum atomic E-state index is -0.897. The number of ether oxygens (including phenoxy) is 1. The molecule has 2 N–H and O–H groups in total. The lowest BCUT2D eigenvalue weighted by Gasteiger charge is -2.33. The molecule has 11 heteroatoms. The number of hydrogen-bond acceptors (Lipinski definition) is 8. The summed E-state index contributed by atoms with van der Waals surface area (Å²) < 4.78 is 8.48. The molecule has 2 aliphatic rings. The van der Waals surface area contributed by atoms with Crippen molar-refractivity contribution in [1.29, 1.82) is 0 Å². The topological polar surface area (TPSA) is 131 Å². The first-order valence-electron chi connectivity index (χ1n) is 8.79. The zero-order valence-electron chi connectivity index (χ0n) is 15.1. The first-order valence-corrected chi connectivity index (χ1v) is 9.57. The van der Waals surface area contributed by atoms with Gasteiger partial charge in [-0.25, -0.2) is 9.59 Å². The van der Waals surface area contributed by atoms with Crippen LogP contribution < -0.4 is 10.6 Å². The number of nitrogens with zero attached hydrogens (tertiary/aromatic N) is 3. The van der Waals surface area contributed by atoms with Crippen LogP contribution in [0.25, 0.3) is 0 Å². The van der Waals surface area contributed by atoms with E-state index in [1.54, 1.807) is 6.92 Å². The predicted octanol–water partition coefficient (Wildman–Crippen LogP) is 1.15. The molecule has 146 valence electrons. The third-order valence-electron chi connectivity index (χ3n) is 4.89. The van der Waals surface area contributed by atoms with Crippen LogP contribution in [0.4, 0.5) is 9.80 Å². The average molecular weight is 395 g/mol. The van der Waals surface area contributed by atoms with E-state index in [0.717, 1.165) is 29.3 Å². The average Bonchev–Trinajstić information content (AvgIpc) is 3.17. The zero-order valence-corrected chi connectivity index (χ0v) is 15.9. The Morgan fingerprint density at radius 3 is 2.74 bits per heavy atom. The van der Waals surface area contributed by atoms with E-state index in [0.29, 0.717) is 18.8 Å². The van der Waals surface area contributed by atoms with Crippen molar-refractivity contribution >= 4 is 40.3 Å². The Hall–Kier alpha value is -2.56. The smallest absolute Gasteiger partial charge is 0.362 e. The number of esters is 1. The van der Waals surface area contributed by atoms with Gasteiger partial charge in [0.05, 0.1) is 6.61 Å². The van der Waals surface area contributed by atoms with Gasteiger partial charge in [-0.05, 0) is 38.5 Å². The van der Waals surface area contributed by atoms with Crippen molar-refractivity contribution < 1.29 is 23.9 Å². The summed E-state index contributed by atoms with van der Waals surface area (Å²) in [6, 6.07) is -0.572. The van der Waals surface area contributed by atoms with E-state index in [1.165, 1.54) is 0 Å². The number of aromatic nitrogens is 2. The minimum absolute atomic E-state index is 0.106. The summed E-state index contributed by atoms with van der Waals surface area (Å²) in [6.45, 7) is 3.48. The molecule has 1 saturated carbocycles. The molecule has 1 saturated heterocycles. The molecule has 0 atom stereocenters. The standard InChI is InChI=1S/C16H21N5O5S/c1-3-26-13(23)11-12(27-20-19-11)17-10(22)8-21-14(24)16(18-15(21)25)6-4-9(2)5-7-16/h9H,3-8H2,1-2H3,(H,17,22)(H,18,25). The Morgan fingerprint density at radius 2 is 2.07 bits per heavy atom. The van der Waals surface area contributed by atoms with Crippen molar-refractivity contribution in [3.63, 3.8) is 0 Å². The lowest BCUT2D eigenvalue weighted by molar-refractivity contribution is -0.135. The van der Waals surface area contributed by atoms with Gasteiger partial charge in [0.15, 0.2) is 5.00 Å². The second kappa shape index (κ2) is 7.59. The van der Waals surface area contributed by atoms with Gasteiger partial charge < -0.3 is 15.4 Å². The highest BCUT2D eigenvalue weighted by Crippen LogP contribution is 2.36. The molecule has 0 radical (unpaired) electrons. The highest BCUT2D eigenvalue weighted by molar-refractivity contribution is 7.10. The molecule has 0 unspecified atom stereocenters. The molecule has 4 amide bonds. The van der Waals surface area contributed by atoms with Gasteiger partial charge in [0.2, 0.25) is 11.6 Å². The van der Waals surface area contributed by atoms with E-state index in [4.69, 9.17) is 4.74 Å². The first kappa shape index (κ1) is 19.2. The number of anilines is 1. The Bertz CT molecular complexity index is 771. The molecular weight excluding hydrogens is 374 g/mol. The van der Waals surface area contributed by atoms with Crippen LogP contribution in [0.15, 0.2) is 0 Å². The molecule has 10 nitrogen and oxygen atoms in total. The Morgan fingerprint density at radius 1 is 1.37 bits per heavy atom.